The van der Waals surface area contributed by atoms with Gasteiger partial charge in [0.05, 0.1) is 0 Å². The second-order valence-electron chi connectivity index (χ2n) is 3.65. The Labute approximate surface area is 100 Å². The molecule has 3 rings (SSSR count). The van der Waals surface area contributed by atoms with Crippen LogP contribution in [0.4, 0.5) is 16.6 Å². The van der Waals surface area contributed by atoms with Crippen molar-refractivity contribution in [2.45, 2.75) is 19.5 Å². The van der Waals surface area contributed by atoms with Crippen molar-refractivity contribution in [2.24, 2.45) is 10.2 Å². The molecule has 0 atom stereocenters. The minimum Gasteiger partial charge on any atom is -0.382 e. The molecule has 0 unspecified atom stereocenters. The standard InChI is InChI=1S/C9H10N6OS/c10-7-6(12-13-9-11-2-5-17-9)8(16)15-4-1-3-14(7)15/h2,5H,1,3-4,10H2. The Bertz CT molecular complexity index is 623. The Hall–Kier alpha value is -1.96. The molecule has 0 amide bonds. The molecule has 7 nitrogen and oxygen atoms in total. The summed E-state index contributed by atoms with van der Waals surface area (Å²) >= 11 is 1.36. The summed E-state index contributed by atoms with van der Waals surface area (Å²) in [5.41, 5.74) is 5.89. The molecular weight excluding hydrogens is 240 g/mol. The maximum Gasteiger partial charge on any atom is 0.296 e. The number of thiazole rings is 1. The number of nitrogens with two attached hydrogens (primary N) is 1. The summed E-state index contributed by atoms with van der Waals surface area (Å²) in [6, 6.07) is 0. The van der Waals surface area contributed by atoms with E-state index in [2.05, 4.69) is 15.2 Å². The van der Waals surface area contributed by atoms with E-state index in [4.69, 9.17) is 5.73 Å². The third-order valence-corrected chi connectivity index (χ3v) is 3.30. The second-order valence-corrected chi connectivity index (χ2v) is 4.53. The zero-order valence-corrected chi connectivity index (χ0v) is 9.72. The first-order valence-electron chi connectivity index (χ1n) is 5.17. The lowest BCUT2D eigenvalue weighted by Gasteiger charge is -1.98. The van der Waals surface area contributed by atoms with Crippen molar-refractivity contribution in [3.63, 3.8) is 0 Å². The van der Waals surface area contributed by atoms with Crippen LogP contribution in [0.3, 0.4) is 0 Å². The van der Waals surface area contributed by atoms with Gasteiger partial charge in [0, 0.05) is 24.7 Å². The Morgan fingerprint density at radius 3 is 2.88 bits per heavy atom. The molecule has 0 aliphatic carbocycles. The molecule has 3 heterocycles. The summed E-state index contributed by atoms with van der Waals surface area (Å²) in [7, 11) is 0. The summed E-state index contributed by atoms with van der Waals surface area (Å²) in [6.45, 7) is 1.45. The summed E-state index contributed by atoms with van der Waals surface area (Å²) in [4.78, 5) is 15.9. The summed E-state index contributed by atoms with van der Waals surface area (Å²) in [6.07, 6.45) is 2.57. The number of anilines is 1. The molecule has 0 aromatic carbocycles. The minimum atomic E-state index is -0.180. The van der Waals surface area contributed by atoms with Crippen LogP contribution in [0.15, 0.2) is 26.6 Å². The summed E-state index contributed by atoms with van der Waals surface area (Å²) in [5, 5.41) is 10.1. The second kappa shape index (κ2) is 3.81. The van der Waals surface area contributed by atoms with Gasteiger partial charge in [0.1, 0.15) is 0 Å². The fraction of sp³-hybridized carbons (Fsp3) is 0.333. The molecular formula is C9H10N6OS. The van der Waals surface area contributed by atoms with Crippen molar-refractivity contribution in [1.82, 2.24) is 14.3 Å². The highest BCUT2D eigenvalue weighted by atomic mass is 32.1. The van der Waals surface area contributed by atoms with Crippen molar-refractivity contribution >= 4 is 28.0 Å². The molecule has 0 radical (unpaired) electrons. The van der Waals surface area contributed by atoms with Gasteiger partial charge >= 0.3 is 0 Å². The van der Waals surface area contributed by atoms with Crippen molar-refractivity contribution in [3.05, 3.63) is 21.9 Å². The molecule has 8 heteroatoms. The first kappa shape index (κ1) is 10.2. The number of hydrogen-bond donors (Lipinski definition) is 1. The molecule has 2 aromatic heterocycles. The lowest BCUT2D eigenvalue weighted by molar-refractivity contribution is 0.601. The Kier molecular flexibility index (Phi) is 2.29. The van der Waals surface area contributed by atoms with E-state index >= 15 is 0 Å². The molecule has 1 aliphatic rings. The largest absolute Gasteiger partial charge is 0.382 e. The van der Waals surface area contributed by atoms with Crippen LogP contribution in [0.2, 0.25) is 0 Å². The monoisotopic (exact) mass is 250 g/mol. The van der Waals surface area contributed by atoms with Crippen molar-refractivity contribution < 1.29 is 0 Å². The van der Waals surface area contributed by atoms with Crippen LogP contribution in [0.25, 0.3) is 0 Å². The highest BCUT2D eigenvalue weighted by Gasteiger charge is 2.21. The predicted octanol–water partition coefficient (Wildman–Crippen LogP) is 1.51. The fourth-order valence-electron chi connectivity index (χ4n) is 1.88. The average molecular weight is 250 g/mol. The van der Waals surface area contributed by atoms with Gasteiger partial charge in [-0.25, -0.2) is 9.67 Å². The van der Waals surface area contributed by atoms with Crippen LogP contribution in [0.5, 0.6) is 0 Å². The highest BCUT2D eigenvalue weighted by molar-refractivity contribution is 7.13. The van der Waals surface area contributed by atoms with Gasteiger partial charge in [-0.2, -0.15) is 0 Å². The molecule has 1 aliphatic heterocycles. The van der Waals surface area contributed by atoms with E-state index in [-0.39, 0.29) is 11.2 Å². The van der Waals surface area contributed by atoms with E-state index in [0.29, 0.717) is 17.5 Å². The third kappa shape index (κ3) is 1.57. The molecule has 0 spiro atoms. The van der Waals surface area contributed by atoms with E-state index in [9.17, 15) is 4.79 Å². The van der Waals surface area contributed by atoms with E-state index in [1.807, 2.05) is 0 Å². The van der Waals surface area contributed by atoms with Crippen LogP contribution in [-0.4, -0.2) is 14.3 Å². The molecule has 0 fully saturated rings. The van der Waals surface area contributed by atoms with Gasteiger partial charge in [-0.15, -0.1) is 21.6 Å². The maximum atomic E-state index is 11.9. The van der Waals surface area contributed by atoms with Crippen molar-refractivity contribution in [3.8, 4) is 0 Å². The van der Waals surface area contributed by atoms with Crippen LogP contribution < -0.4 is 11.3 Å². The number of fused-ring (bicyclic) bond motifs is 1. The molecule has 2 aromatic rings. The number of nitrogens with zero attached hydrogens (tertiary/aromatic N) is 5. The van der Waals surface area contributed by atoms with Gasteiger partial charge in [-0.1, -0.05) is 0 Å². The minimum absolute atomic E-state index is 0.180. The van der Waals surface area contributed by atoms with Gasteiger partial charge < -0.3 is 5.73 Å². The molecule has 88 valence electrons. The number of rotatable bonds is 2. The highest BCUT2D eigenvalue weighted by Crippen LogP contribution is 2.24. The van der Waals surface area contributed by atoms with Gasteiger partial charge in [-0.05, 0) is 6.42 Å². The van der Waals surface area contributed by atoms with Crippen LogP contribution >= 0.6 is 11.3 Å². The Morgan fingerprint density at radius 2 is 2.18 bits per heavy atom. The first-order chi connectivity index (χ1) is 8.27. The molecule has 0 bridgehead atoms. The van der Waals surface area contributed by atoms with Gasteiger partial charge in [0.25, 0.3) is 5.56 Å². The van der Waals surface area contributed by atoms with E-state index in [0.717, 1.165) is 13.0 Å². The quantitative estimate of drug-likeness (QED) is 0.819. The summed E-state index contributed by atoms with van der Waals surface area (Å²) in [5.74, 6) is 0.382. The van der Waals surface area contributed by atoms with Crippen LogP contribution in [0.1, 0.15) is 6.42 Å². The Morgan fingerprint density at radius 1 is 1.35 bits per heavy atom. The zero-order chi connectivity index (χ0) is 11.8. The van der Waals surface area contributed by atoms with E-state index < -0.39 is 0 Å². The first-order valence-corrected chi connectivity index (χ1v) is 6.05. The average Bonchev–Trinajstić information content (AvgIpc) is 3.01. The fourth-order valence-corrected chi connectivity index (χ4v) is 2.33. The lowest BCUT2D eigenvalue weighted by atomic mass is 10.4. The lowest BCUT2D eigenvalue weighted by Crippen LogP contribution is -2.16. The normalized spacial score (nSPS) is 14.6. The number of nitrogen functional groups attached to an aromatic ring is 1. The van der Waals surface area contributed by atoms with Gasteiger partial charge in [-0.3, -0.25) is 9.48 Å². The Balaban J connectivity index is 2.02. The van der Waals surface area contributed by atoms with Crippen molar-refractivity contribution in [1.29, 1.82) is 0 Å². The van der Waals surface area contributed by atoms with E-state index in [1.54, 1.807) is 20.9 Å². The van der Waals surface area contributed by atoms with Crippen LogP contribution in [0, 0.1) is 0 Å². The molecule has 17 heavy (non-hydrogen) atoms. The third-order valence-electron chi connectivity index (χ3n) is 2.64. The van der Waals surface area contributed by atoms with E-state index in [1.165, 1.54) is 11.3 Å². The van der Waals surface area contributed by atoms with Crippen molar-refractivity contribution in [2.75, 3.05) is 5.73 Å². The van der Waals surface area contributed by atoms with Crippen LogP contribution in [-0.2, 0) is 13.1 Å². The number of aromatic nitrogens is 3. The summed E-state index contributed by atoms with van der Waals surface area (Å²) < 4.78 is 3.35. The smallest absolute Gasteiger partial charge is 0.296 e. The molecule has 2 N–H and O–H groups in total. The topological polar surface area (TPSA) is 90.6 Å². The van der Waals surface area contributed by atoms with Gasteiger partial charge in [0.15, 0.2) is 11.5 Å². The predicted molar refractivity (Wildman–Crippen MR) is 64.0 cm³/mol. The number of hydrogen-bond acceptors (Lipinski definition) is 6. The van der Waals surface area contributed by atoms with Gasteiger partial charge in [0.2, 0.25) is 5.13 Å². The zero-order valence-electron chi connectivity index (χ0n) is 8.91. The SMILES string of the molecule is Nc1c(N=Nc2nccs2)c(=O)n2n1CCC2. The maximum absolute atomic E-state index is 11.9. The molecule has 0 saturated heterocycles. The molecule has 0 saturated carbocycles. The number of azo groups is 1.